The summed E-state index contributed by atoms with van der Waals surface area (Å²) in [4.78, 5) is 28.1. The number of carboxylic acid groups (broad SMARTS) is 1. The van der Waals surface area contributed by atoms with Gasteiger partial charge < -0.3 is 15.3 Å². The van der Waals surface area contributed by atoms with Gasteiger partial charge >= 0.3 is 5.97 Å². The molecule has 0 unspecified atom stereocenters. The van der Waals surface area contributed by atoms with Crippen LogP contribution in [0, 0.1) is 5.82 Å². The summed E-state index contributed by atoms with van der Waals surface area (Å²) in [7, 11) is 1.53. The van der Waals surface area contributed by atoms with E-state index in [1.165, 1.54) is 30.4 Å². The number of carbonyl (C=O) groups excluding carboxylic acids is 1. The number of carbonyl (C=O) groups is 2. The second kappa shape index (κ2) is 7.23. The molecule has 3 heterocycles. The van der Waals surface area contributed by atoms with Gasteiger partial charge in [-0.05, 0) is 37.6 Å². The van der Waals surface area contributed by atoms with E-state index in [1.54, 1.807) is 12.1 Å². The Bertz CT molecular complexity index is 928. The minimum absolute atomic E-state index is 0.202. The Hall–Kier alpha value is -2.94. The number of hydrogen-bond acceptors (Lipinski definition) is 5. The summed E-state index contributed by atoms with van der Waals surface area (Å²) in [6.07, 6.45) is 3.59. The molecule has 28 heavy (non-hydrogen) atoms. The number of piperazine rings is 1. The number of nitrogens with one attached hydrogen (secondary N) is 1. The molecule has 2 aliphatic rings. The van der Waals surface area contributed by atoms with Crippen molar-refractivity contribution in [2.75, 3.05) is 36.4 Å². The molecule has 1 aromatic carbocycles. The summed E-state index contributed by atoms with van der Waals surface area (Å²) in [5.74, 6) is -2.35. The van der Waals surface area contributed by atoms with Crippen molar-refractivity contribution in [3.63, 3.8) is 0 Å². The molecule has 0 radical (unpaired) electrons. The first kappa shape index (κ1) is 18.4. The van der Waals surface area contributed by atoms with Crippen molar-refractivity contribution in [1.29, 1.82) is 0 Å². The van der Waals surface area contributed by atoms with E-state index < -0.39 is 17.7 Å². The van der Waals surface area contributed by atoms with Crippen LogP contribution in [0.25, 0.3) is 0 Å². The van der Waals surface area contributed by atoms with E-state index in [1.807, 2.05) is 0 Å². The van der Waals surface area contributed by atoms with Crippen LogP contribution in [0.2, 0.25) is 0 Å². The minimum Gasteiger partial charge on any atom is -0.478 e. The SMILES string of the molecule is Cn1cc(C(=O)O)c(C(=O)Nc2ccc(N3CCN4CCC[C@@H]4C3)c(F)c2)n1. The van der Waals surface area contributed by atoms with E-state index in [4.69, 9.17) is 0 Å². The lowest BCUT2D eigenvalue weighted by Crippen LogP contribution is -2.50. The number of carboxylic acids is 1. The number of aromatic nitrogens is 2. The maximum atomic E-state index is 14.7. The van der Waals surface area contributed by atoms with E-state index in [2.05, 4.69) is 20.2 Å². The van der Waals surface area contributed by atoms with Crippen molar-refractivity contribution in [2.24, 2.45) is 7.05 Å². The number of hydrogen-bond donors (Lipinski definition) is 2. The maximum absolute atomic E-state index is 14.7. The number of anilines is 2. The third-order valence-electron chi connectivity index (χ3n) is 5.41. The van der Waals surface area contributed by atoms with Crippen LogP contribution in [0.5, 0.6) is 0 Å². The third kappa shape index (κ3) is 3.45. The van der Waals surface area contributed by atoms with Gasteiger partial charge in [-0.2, -0.15) is 5.10 Å². The minimum atomic E-state index is -1.24. The molecule has 0 spiro atoms. The number of aromatic carboxylic acids is 1. The molecule has 0 bridgehead atoms. The van der Waals surface area contributed by atoms with Gasteiger partial charge in [0.05, 0.1) is 5.69 Å². The molecular formula is C19H22FN5O3. The number of amides is 1. The smallest absolute Gasteiger partial charge is 0.339 e. The molecular weight excluding hydrogens is 365 g/mol. The Balaban J connectivity index is 1.49. The Morgan fingerprint density at radius 2 is 2.11 bits per heavy atom. The predicted molar refractivity (Wildman–Crippen MR) is 101 cm³/mol. The second-order valence-electron chi connectivity index (χ2n) is 7.27. The summed E-state index contributed by atoms with van der Waals surface area (Å²) in [5.41, 5.74) is 0.365. The van der Waals surface area contributed by atoms with Gasteiger partial charge in [0, 0.05) is 44.6 Å². The highest BCUT2D eigenvalue weighted by Gasteiger charge is 2.31. The van der Waals surface area contributed by atoms with Gasteiger partial charge in [0.25, 0.3) is 5.91 Å². The average molecular weight is 387 g/mol. The summed E-state index contributed by atoms with van der Waals surface area (Å²) < 4.78 is 16.0. The molecule has 2 aromatic rings. The summed E-state index contributed by atoms with van der Waals surface area (Å²) in [6, 6.07) is 5.02. The maximum Gasteiger partial charge on any atom is 0.339 e. The summed E-state index contributed by atoms with van der Waals surface area (Å²) in [5, 5.41) is 15.6. The highest BCUT2D eigenvalue weighted by Crippen LogP contribution is 2.28. The van der Waals surface area contributed by atoms with E-state index in [-0.39, 0.29) is 16.9 Å². The predicted octanol–water partition coefficient (Wildman–Crippen LogP) is 1.79. The summed E-state index contributed by atoms with van der Waals surface area (Å²) in [6.45, 7) is 3.63. The third-order valence-corrected chi connectivity index (χ3v) is 5.41. The quantitative estimate of drug-likeness (QED) is 0.831. The number of aryl methyl sites for hydroxylation is 1. The molecule has 2 saturated heterocycles. The first-order chi connectivity index (χ1) is 13.4. The van der Waals surface area contributed by atoms with E-state index in [0.29, 0.717) is 11.7 Å². The molecule has 2 fully saturated rings. The lowest BCUT2D eigenvalue weighted by Gasteiger charge is -2.39. The van der Waals surface area contributed by atoms with Crippen LogP contribution in [-0.4, -0.2) is 63.9 Å². The van der Waals surface area contributed by atoms with Crippen LogP contribution < -0.4 is 10.2 Å². The van der Waals surface area contributed by atoms with Gasteiger partial charge in [0.15, 0.2) is 5.69 Å². The zero-order valence-electron chi connectivity index (χ0n) is 15.6. The number of halogens is 1. The van der Waals surface area contributed by atoms with E-state index >= 15 is 0 Å². The van der Waals surface area contributed by atoms with Crippen LogP contribution in [0.15, 0.2) is 24.4 Å². The highest BCUT2D eigenvalue weighted by atomic mass is 19.1. The molecule has 4 rings (SSSR count). The number of fused-ring (bicyclic) bond motifs is 1. The Labute approximate surface area is 161 Å². The van der Waals surface area contributed by atoms with Gasteiger partial charge in [-0.1, -0.05) is 0 Å². The topological polar surface area (TPSA) is 90.7 Å². The number of benzene rings is 1. The van der Waals surface area contributed by atoms with Gasteiger partial charge in [0.2, 0.25) is 0 Å². The zero-order chi connectivity index (χ0) is 19.8. The van der Waals surface area contributed by atoms with Crippen LogP contribution >= 0.6 is 0 Å². The monoisotopic (exact) mass is 387 g/mol. The molecule has 9 heteroatoms. The Kier molecular flexibility index (Phi) is 4.76. The number of rotatable bonds is 4. The molecule has 1 atom stereocenters. The lowest BCUT2D eigenvalue weighted by molar-refractivity contribution is 0.0692. The fraction of sp³-hybridized carbons (Fsp3) is 0.421. The van der Waals surface area contributed by atoms with Crippen LogP contribution in [-0.2, 0) is 7.05 Å². The molecule has 8 nitrogen and oxygen atoms in total. The molecule has 148 valence electrons. The van der Waals surface area contributed by atoms with Crippen molar-refractivity contribution >= 4 is 23.3 Å². The molecule has 1 aromatic heterocycles. The van der Waals surface area contributed by atoms with Crippen LogP contribution in [0.4, 0.5) is 15.8 Å². The van der Waals surface area contributed by atoms with Gasteiger partial charge in [-0.25, -0.2) is 9.18 Å². The Morgan fingerprint density at radius 3 is 2.86 bits per heavy atom. The van der Waals surface area contributed by atoms with Crippen molar-refractivity contribution in [3.8, 4) is 0 Å². The molecule has 0 saturated carbocycles. The first-order valence-corrected chi connectivity index (χ1v) is 9.29. The largest absolute Gasteiger partial charge is 0.478 e. The molecule has 2 aliphatic heterocycles. The fourth-order valence-electron chi connectivity index (χ4n) is 4.05. The van der Waals surface area contributed by atoms with Crippen LogP contribution in [0.3, 0.4) is 0 Å². The zero-order valence-corrected chi connectivity index (χ0v) is 15.6. The second-order valence-corrected chi connectivity index (χ2v) is 7.27. The van der Waals surface area contributed by atoms with E-state index in [9.17, 15) is 19.1 Å². The first-order valence-electron chi connectivity index (χ1n) is 9.29. The summed E-state index contributed by atoms with van der Waals surface area (Å²) >= 11 is 0. The average Bonchev–Trinajstić information content (AvgIpc) is 3.27. The van der Waals surface area contributed by atoms with E-state index in [0.717, 1.165) is 32.6 Å². The van der Waals surface area contributed by atoms with Crippen LogP contribution in [0.1, 0.15) is 33.7 Å². The number of nitrogens with zero attached hydrogens (tertiary/aromatic N) is 4. The van der Waals surface area contributed by atoms with Gasteiger partial charge in [-0.15, -0.1) is 0 Å². The van der Waals surface area contributed by atoms with Gasteiger partial charge in [0.1, 0.15) is 11.4 Å². The van der Waals surface area contributed by atoms with Crippen molar-refractivity contribution in [2.45, 2.75) is 18.9 Å². The van der Waals surface area contributed by atoms with Crippen molar-refractivity contribution in [3.05, 3.63) is 41.5 Å². The molecule has 0 aliphatic carbocycles. The van der Waals surface area contributed by atoms with Crippen molar-refractivity contribution < 1.29 is 19.1 Å². The molecule has 1 amide bonds. The fourth-order valence-corrected chi connectivity index (χ4v) is 4.05. The Morgan fingerprint density at radius 1 is 1.29 bits per heavy atom. The molecule has 2 N–H and O–H groups in total. The normalized spacial score (nSPS) is 19.5. The highest BCUT2D eigenvalue weighted by molar-refractivity contribution is 6.09. The standard InChI is InChI=1S/C19H22FN5O3/c1-23-11-14(19(27)28)17(22-23)18(26)21-12-4-5-16(15(20)9-12)25-8-7-24-6-2-3-13(24)10-25/h4-5,9,11,13H,2-3,6-8,10H2,1H3,(H,21,26)(H,27,28)/t13-/m1/s1. The lowest BCUT2D eigenvalue weighted by atomic mass is 10.1. The van der Waals surface area contributed by atoms with Gasteiger partial charge in [-0.3, -0.25) is 14.4 Å². The van der Waals surface area contributed by atoms with Crippen molar-refractivity contribution in [1.82, 2.24) is 14.7 Å².